The van der Waals surface area contributed by atoms with Gasteiger partial charge in [-0.1, -0.05) is 42.5 Å². The lowest BCUT2D eigenvalue weighted by molar-refractivity contribution is -0.116. The van der Waals surface area contributed by atoms with Gasteiger partial charge >= 0.3 is 0 Å². The van der Waals surface area contributed by atoms with Gasteiger partial charge in [-0.25, -0.2) is 13.4 Å². The molecule has 0 spiro atoms. The van der Waals surface area contributed by atoms with Gasteiger partial charge in [-0.15, -0.1) is 22.7 Å². The Morgan fingerprint density at radius 1 is 1.07 bits per heavy atom. The molecule has 0 atom stereocenters. The van der Waals surface area contributed by atoms with E-state index in [0.29, 0.717) is 5.13 Å². The van der Waals surface area contributed by atoms with Crippen LogP contribution in [-0.4, -0.2) is 37.2 Å². The molecule has 0 radical (unpaired) electrons. The van der Waals surface area contributed by atoms with Crippen molar-refractivity contribution in [3.8, 4) is 11.3 Å². The first-order chi connectivity index (χ1) is 13.9. The van der Waals surface area contributed by atoms with E-state index in [1.165, 1.54) is 24.5 Å². The maximum atomic E-state index is 12.4. The van der Waals surface area contributed by atoms with Crippen molar-refractivity contribution in [3.05, 3.63) is 65.4 Å². The molecule has 2 heterocycles. The minimum Gasteiger partial charge on any atom is -0.301 e. The maximum absolute atomic E-state index is 12.4. The Balaban J connectivity index is 1.45. The van der Waals surface area contributed by atoms with Gasteiger partial charge in [-0.05, 0) is 28.3 Å². The second kappa shape index (κ2) is 8.03. The number of likely N-dealkylation sites (N-methyl/N-ethyl adjacent to an activating group) is 1. The summed E-state index contributed by atoms with van der Waals surface area (Å²) < 4.78 is 26.1. The topological polar surface area (TPSA) is 79.4 Å². The molecule has 0 aliphatic rings. The number of thiophene rings is 1. The second-order valence-corrected chi connectivity index (χ2v) is 10.4. The van der Waals surface area contributed by atoms with E-state index < -0.39 is 15.9 Å². The van der Waals surface area contributed by atoms with Crippen molar-refractivity contribution < 1.29 is 13.2 Å². The molecular formula is C20H17N3O3S3. The molecular weight excluding hydrogens is 426 g/mol. The van der Waals surface area contributed by atoms with E-state index in [2.05, 4.69) is 16.4 Å². The Morgan fingerprint density at radius 2 is 1.86 bits per heavy atom. The number of fused-ring (bicyclic) bond motifs is 1. The Kier molecular flexibility index (Phi) is 5.46. The number of aromatic nitrogens is 1. The molecule has 2 aromatic heterocycles. The van der Waals surface area contributed by atoms with Crippen LogP contribution in [0.4, 0.5) is 5.13 Å². The van der Waals surface area contributed by atoms with Crippen molar-refractivity contribution >= 4 is 54.5 Å². The molecule has 0 saturated heterocycles. The zero-order valence-corrected chi connectivity index (χ0v) is 17.9. The quantitative estimate of drug-likeness (QED) is 0.482. The summed E-state index contributed by atoms with van der Waals surface area (Å²) in [5.74, 6) is -0.438. The van der Waals surface area contributed by atoms with Gasteiger partial charge in [0.2, 0.25) is 5.91 Å². The highest BCUT2D eigenvalue weighted by molar-refractivity contribution is 7.91. The lowest BCUT2D eigenvalue weighted by Gasteiger charge is -2.15. The lowest BCUT2D eigenvalue weighted by atomic mass is 10.1. The van der Waals surface area contributed by atoms with Crippen LogP contribution < -0.4 is 5.32 Å². The van der Waals surface area contributed by atoms with Gasteiger partial charge in [-0.2, -0.15) is 4.31 Å². The number of benzene rings is 2. The number of sulfonamides is 1. The number of carbonyl (C=O) groups is 1. The van der Waals surface area contributed by atoms with Crippen molar-refractivity contribution in [1.29, 1.82) is 0 Å². The lowest BCUT2D eigenvalue weighted by Crippen LogP contribution is -2.34. The highest BCUT2D eigenvalue weighted by Crippen LogP contribution is 2.28. The molecule has 4 aromatic rings. The van der Waals surface area contributed by atoms with Gasteiger partial charge in [0.15, 0.2) is 5.13 Å². The molecule has 0 unspecified atom stereocenters. The van der Waals surface area contributed by atoms with Gasteiger partial charge in [-0.3, -0.25) is 4.79 Å². The summed E-state index contributed by atoms with van der Waals surface area (Å²) in [5.41, 5.74) is 1.72. The third-order valence-corrected chi connectivity index (χ3v) is 8.26. The molecule has 4 rings (SSSR count). The zero-order chi connectivity index (χ0) is 20.4. The largest absolute Gasteiger partial charge is 0.301 e. The maximum Gasteiger partial charge on any atom is 0.252 e. The monoisotopic (exact) mass is 443 g/mol. The molecule has 0 saturated carbocycles. The van der Waals surface area contributed by atoms with Gasteiger partial charge < -0.3 is 5.32 Å². The standard InChI is InChI=1S/C20H17N3O3S3/c1-23(29(25,26)19-7-4-10-27-19)12-18(24)22-20-21-17(13-28-20)16-9-8-14-5-2-3-6-15(14)11-16/h2-11,13H,12H2,1H3,(H,21,22,24). The number of hydrogen-bond acceptors (Lipinski definition) is 6. The van der Waals surface area contributed by atoms with Crippen LogP contribution in [0.1, 0.15) is 0 Å². The SMILES string of the molecule is CN(CC(=O)Nc1nc(-c2ccc3ccccc3c2)cs1)S(=O)(=O)c1cccs1. The molecule has 148 valence electrons. The summed E-state index contributed by atoms with van der Waals surface area (Å²) in [7, 11) is -2.28. The van der Waals surface area contributed by atoms with E-state index in [4.69, 9.17) is 0 Å². The second-order valence-electron chi connectivity index (χ2n) is 6.34. The molecule has 0 fully saturated rings. The Morgan fingerprint density at radius 3 is 2.62 bits per heavy atom. The van der Waals surface area contributed by atoms with Gasteiger partial charge in [0.05, 0.1) is 12.2 Å². The fourth-order valence-corrected chi connectivity index (χ4v) is 5.89. The summed E-state index contributed by atoms with van der Waals surface area (Å²) in [6.45, 7) is -0.287. The number of hydrogen-bond donors (Lipinski definition) is 1. The highest BCUT2D eigenvalue weighted by atomic mass is 32.2. The predicted octanol–water partition coefficient (Wildman–Crippen LogP) is 4.28. The summed E-state index contributed by atoms with van der Waals surface area (Å²) in [5, 5.41) is 8.93. The van der Waals surface area contributed by atoms with Crippen molar-refractivity contribution in [2.24, 2.45) is 0 Å². The fourth-order valence-electron chi connectivity index (χ4n) is 2.82. The van der Waals surface area contributed by atoms with E-state index in [1.807, 2.05) is 41.8 Å². The number of amides is 1. The van der Waals surface area contributed by atoms with Crippen molar-refractivity contribution in [3.63, 3.8) is 0 Å². The normalized spacial score (nSPS) is 11.8. The van der Waals surface area contributed by atoms with E-state index >= 15 is 0 Å². The number of rotatable bonds is 6. The van der Waals surface area contributed by atoms with Gasteiger partial charge in [0.25, 0.3) is 10.0 Å². The first kappa shape index (κ1) is 19.7. The van der Waals surface area contributed by atoms with Crippen LogP contribution in [0.2, 0.25) is 0 Å². The van der Waals surface area contributed by atoms with Gasteiger partial charge in [0.1, 0.15) is 4.21 Å². The van der Waals surface area contributed by atoms with E-state index in [9.17, 15) is 13.2 Å². The van der Waals surface area contributed by atoms with Crippen LogP contribution in [0.25, 0.3) is 22.0 Å². The summed E-state index contributed by atoms with van der Waals surface area (Å²) in [6, 6.07) is 17.3. The predicted molar refractivity (Wildman–Crippen MR) is 118 cm³/mol. The van der Waals surface area contributed by atoms with E-state index in [1.54, 1.807) is 11.4 Å². The van der Waals surface area contributed by atoms with Crippen LogP contribution in [0, 0.1) is 0 Å². The van der Waals surface area contributed by atoms with Crippen molar-refractivity contribution in [2.45, 2.75) is 4.21 Å². The zero-order valence-electron chi connectivity index (χ0n) is 15.4. The molecule has 29 heavy (non-hydrogen) atoms. The molecule has 0 bridgehead atoms. The molecule has 2 aromatic carbocycles. The first-order valence-electron chi connectivity index (χ1n) is 8.68. The molecule has 9 heteroatoms. The molecule has 0 aliphatic carbocycles. The van der Waals surface area contributed by atoms with Crippen LogP contribution in [-0.2, 0) is 14.8 Å². The third-order valence-electron chi connectivity index (χ3n) is 4.32. The third kappa shape index (κ3) is 4.23. The minimum absolute atomic E-state index is 0.209. The average molecular weight is 444 g/mol. The van der Waals surface area contributed by atoms with Crippen molar-refractivity contribution in [2.75, 3.05) is 18.9 Å². The fraction of sp³-hybridized carbons (Fsp3) is 0.100. The van der Waals surface area contributed by atoms with Crippen LogP contribution >= 0.6 is 22.7 Å². The minimum atomic E-state index is -3.67. The highest BCUT2D eigenvalue weighted by Gasteiger charge is 2.24. The summed E-state index contributed by atoms with van der Waals surface area (Å²) in [6.07, 6.45) is 0. The molecule has 6 nitrogen and oxygen atoms in total. The number of carbonyl (C=O) groups excluding carboxylic acids is 1. The van der Waals surface area contributed by atoms with E-state index in [0.717, 1.165) is 37.7 Å². The van der Waals surface area contributed by atoms with Crippen molar-refractivity contribution in [1.82, 2.24) is 9.29 Å². The molecule has 1 N–H and O–H groups in total. The number of thiazole rings is 1. The summed E-state index contributed by atoms with van der Waals surface area (Å²) in [4.78, 5) is 16.8. The van der Waals surface area contributed by atoms with Crippen LogP contribution in [0.5, 0.6) is 0 Å². The summed E-state index contributed by atoms with van der Waals surface area (Å²) >= 11 is 2.42. The Hall–Kier alpha value is -2.59. The molecule has 1 amide bonds. The van der Waals surface area contributed by atoms with E-state index in [-0.39, 0.29) is 10.8 Å². The Bertz CT molecular complexity index is 1260. The number of anilines is 1. The number of nitrogens with one attached hydrogen (secondary N) is 1. The molecule has 0 aliphatic heterocycles. The number of nitrogens with zero attached hydrogens (tertiary/aromatic N) is 2. The van der Waals surface area contributed by atoms with Crippen LogP contribution in [0.3, 0.4) is 0 Å². The average Bonchev–Trinajstić information content (AvgIpc) is 3.40. The van der Waals surface area contributed by atoms with Crippen LogP contribution in [0.15, 0.2) is 69.6 Å². The smallest absolute Gasteiger partial charge is 0.252 e. The first-order valence-corrected chi connectivity index (χ1v) is 11.9. The van der Waals surface area contributed by atoms with Gasteiger partial charge in [0, 0.05) is 18.0 Å². The Labute approximate surface area is 176 Å².